The number of benzene rings is 9. The fraction of sp³-hybridized carbons (Fsp3) is 0. The van der Waals surface area contributed by atoms with Crippen LogP contribution in [0.5, 0.6) is 0 Å². The van der Waals surface area contributed by atoms with Crippen molar-refractivity contribution in [2.45, 2.75) is 0 Å². The van der Waals surface area contributed by atoms with E-state index in [9.17, 15) is 0 Å². The zero-order valence-electron chi connectivity index (χ0n) is 30.5. The first-order valence-corrected chi connectivity index (χ1v) is 18.9. The molecular weight excluding hydrogens is 663 g/mol. The van der Waals surface area contributed by atoms with Crippen LogP contribution in [0.1, 0.15) is 0 Å². The van der Waals surface area contributed by atoms with Crippen molar-refractivity contribution in [3.63, 3.8) is 0 Å². The van der Waals surface area contributed by atoms with Crippen molar-refractivity contribution in [1.29, 1.82) is 0 Å². The topological polar surface area (TPSA) is 3.24 Å². The molecule has 0 atom stereocenters. The largest absolute Gasteiger partial charge is 0.309 e. The van der Waals surface area contributed by atoms with Crippen LogP contribution >= 0.6 is 0 Å². The molecule has 0 aliphatic rings. The third-order valence-corrected chi connectivity index (χ3v) is 10.3. The zero-order chi connectivity index (χ0) is 36.8. The average molecular weight is 702 g/mol. The lowest BCUT2D eigenvalue weighted by molar-refractivity contribution is 1.28. The first-order valence-electron chi connectivity index (χ1n) is 18.9. The minimum atomic E-state index is 1.08. The van der Waals surface area contributed by atoms with Gasteiger partial charge in [0, 0.05) is 16.8 Å². The second-order valence-corrected chi connectivity index (χ2v) is 13.7. The summed E-state index contributed by atoms with van der Waals surface area (Å²) in [7, 11) is 0. The molecule has 0 aromatic heterocycles. The van der Waals surface area contributed by atoms with E-state index < -0.39 is 0 Å². The van der Waals surface area contributed by atoms with E-state index in [1.807, 2.05) is 0 Å². The Morgan fingerprint density at radius 1 is 0.182 bits per heavy atom. The Balaban J connectivity index is 1.23. The number of hydrogen-bond acceptors (Lipinski definition) is 1. The third kappa shape index (κ3) is 6.76. The lowest BCUT2D eigenvalue weighted by Crippen LogP contribution is -2.12. The number of para-hydroxylation sites is 2. The third-order valence-electron chi connectivity index (χ3n) is 10.3. The van der Waals surface area contributed by atoms with E-state index in [-0.39, 0.29) is 0 Å². The summed E-state index contributed by atoms with van der Waals surface area (Å²) in [6, 6.07) is 85.0. The molecule has 9 aromatic rings. The maximum Gasteiger partial charge on any atom is 0.0540 e. The van der Waals surface area contributed by atoms with Crippen LogP contribution in [0.2, 0.25) is 0 Å². The molecule has 1 nitrogen and oxygen atoms in total. The standard InChI is InChI=1S/C54H39N/c1-4-20-40(21-5-1)45-26-10-11-27-46(45)43-36-38-44(39-37-43)55(53-34-18-16-29-48(53)42-24-8-3-9-25-42)54-35-19-17-33-52(54)51-32-15-14-31-50(51)49-30-13-12-28-47(49)41-22-6-2-7-23-41/h1-39H. The van der Waals surface area contributed by atoms with Crippen molar-refractivity contribution in [3.8, 4) is 66.8 Å². The Labute approximate surface area is 324 Å². The van der Waals surface area contributed by atoms with Gasteiger partial charge in [-0.2, -0.15) is 0 Å². The Morgan fingerprint density at radius 3 is 0.927 bits per heavy atom. The second-order valence-electron chi connectivity index (χ2n) is 13.7. The summed E-state index contributed by atoms with van der Waals surface area (Å²) in [5.74, 6) is 0. The van der Waals surface area contributed by atoms with E-state index in [2.05, 4.69) is 241 Å². The highest BCUT2D eigenvalue weighted by Crippen LogP contribution is 2.47. The van der Waals surface area contributed by atoms with Gasteiger partial charge in [0.2, 0.25) is 0 Å². The van der Waals surface area contributed by atoms with Crippen LogP contribution in [0.15, 0.2) is 237 Å². The average Bonchev–Trinajstić information content (AvgIpc) is 3.28. The van der Waals surface area contributed by atoms with Crippen LogP contribution in [-0.4, -0.2) is 0 Å². The molecule has 0 spiro atoms. The molecule has 0 amide bonds. The molecule has 0 aliphatic heterocycles. The lowest BCUT2D eigenvalue weighted by Gasteiger charge is -2.30. The summed E-state index contributed by atoms with van der Waals surface area (Å²) in [6.45, 7) is 0. The highest BCUT2D eigenvalue weighted by Gasteiger charge is 2.22. The molecule has 1 heteroatoms. The minimum absolute atomic E-state index is 1.08. The van der Waals surface area contributed by atoms with Crippen molar-refractivity contribution in [2.75, 3.05) is 4.90 Å². The monoisotopic (exact) mass is 701 g/mol. The zero-order valence-corrected chi connectivity index (χ0v) is 30.5. The Kier molecular flexibility index (Phi) is 9.41. The lowest BCUT2D eigenvalue weighted by atomic mass is 9.88. The molecule has 0 heterocycles. The maximum atomic E-state index is 2.43. The van der Waals surface area contributed by atoms with Crippen molar-refractivity contribution in [2.24, 2.45) is 0 Å². The normalized spacial score (nSPS) is 10.9. The van der Waals surface area contributed by atoms with Gasteiger partial charge in [0.15, 0.2) is 0 Å². The van der Waals surface area contributed by atoms with E-state index in [0.29, 0.717) is 0 Å². The van der Waals surface area contributed by atoms with Crippen LogP contribution < -0.4 is 4.90 Å². The predicted octanol–water partition coefficient (Wildman–Crippen LogP) is 15.2. The fourth-order valence-corrected chi connectivity index (χ4v) is 7.77. The van der Waals surface area contributed by atoms with Crippen molar-refractivity contribution < 1.29 is 0 Å². The molecule has 0 fully saturated rings. The molecule has 0 aliphatic carbocycles. The van der Waals surface area contributed by atoms with E-state index in [1.165, 1.54) is 61.2 Å². The first kappa shape index (κ1) is 33.6. The van der Waals surface area contributed by atoms with Crippen molar-refractivity contribution in [1.82, 2.24) is 0 Å². The van der Waals surface area contributed by atoms with Gasteiger partial charge in [0.1, 0.15) is 0 Å². The first-order chi connectivity index (χ1) is 27.3. The minimum Gasteiger partial charge on any atom is -0.309 e. The smallest absolute Gasteiger partial charge is 0.0540 e. The van der Waals surface area contributed by atoms with Gasteiger partial charge in [-0.05, 0) is 79.9 Å². The summed E-state index contributed by atoms with van der Waals surface area (Å²) < 4.78 is 0. The van der Waals surface area contributed by atoms with Gasteiger partial charge in [-0.25, -0.2) is 0 Å². The number of rotatable bonds is 9. The number of anilines is 3. The maximum absolute atomic E-state index is 2.43. The molecule has 0 bridgehead atoms. The van der Waals surface area contributed by atoms with Crippen LogP contribution in [0.25, 0.3) is 66.8 Å². The molecule has 0 N–H and O–H groups in total. The molecule has 55 heavy (non-hydrogen) atoms. The van der Waals surface area contributed by atoms with E-state index in [4.69, 9.17) is 0 Å². The van der Waals surface area contributed by atoms with E-state index in [0.717, 1.165) is 22.6 Å². The molecule has 0 unspecified atom stereocenters. The molecule has 9 aromatic carbocycles. The quantitative estimate of drug-likeness (QED) is 0.145. The van der Waals surface area contributed by atoms with Gasteiger partial charge in [0.25, 0.3) is 0 Å². The van der Waals surface area contributed by atoms with Crippen LogP contribution in [0, 0.1) is 0 Å². The Morgan fingerprint density at radius 2 is 0.455 bits per heavy atom. The Hall–Kier alpha value is -7.22. The molecule has 0 saturated heterocycles. The van der Waals surface area contributed by atoms with Crippen LogP contribution in [-0.2, 0) is 0 Å². The summed E-state index contributed by atoms with van der Waals surface area (Å²) in [4.78, 5) is 2.43. The van der Waals surface area contributed by atoms with Crippen molar-refractivity contribution in [3.05, 3.63) is 237 Å². The van der Waals surface area contributed by atoms with E-state index >= 15 is 0 Å². The highest BCUT2D eigenvalue weighted by molar-refractivity contribution is 5.99. The molecular formula is C54H39N. The fourth-order valence-electron chi connectivity index (χ4n) is 7.77. The number of nitrogens with zero attached hydrogens (tertiary/aromatic N) is 1. The summed E-state index contributed by atoms with van der Waals surface area (Å²) in [5, 5.41) is 0. The van der Waals surface area contributed by atoms with Gasteiger partial charge >= 0.3 is 0 Å². The van der Waals surface area contributed by atoms with Gasteiger partial charge in [0.05, 0.1) is 11.4 Å². The van der Waals surface area contributed by atoms with Gasteiger partial charge in [-0.1, -0.05) is 212 Å². The molecule has 0 saturated carbocycles. The summed E-state index contributed by atoms with van der Waals surface area (Å²) in [6.07, 6.45) is 0. The summed E-state index contributed by atoms with van der Waals surface area (Å²) >= 11 is 0. The van der Waals surface area contributed by atoms with Crippen LogP contribution in [0.3, 0.4) is 0 Å². The van der Waals surface area contributed by atoms with Gasteiger partial charge in [-0.3, -0.25) is 0 Å². The summed E-state index contributed by atoms with van der Waals surface area (Å²) in [5.41, 5.74) is 17.6. The number of hydrogen-bond donors (Lipinski definition) is 0. The Bertz CT molecular complexity index is 2680. The molecule has 0 radical (unpaired) electrons. The van der Waals surface area contributed by atoms with Crippen molar-refractivity contribution >= 4 is 17.1 Å². The van der Waals surface area contributed by atoms with Crippen LogP contribution in [0.4, 0.5) is 17.1 Å². The molecule has 260 valence electrons. The van der Waals surface area contributed by atoms with E-state index in [1.54, 1.807) is 0 Å². The second kappa shape index (κ2) is 15.4. The highest BCUT2D eigenvalue weighted by atomic mass is 15.1. The van der Waals surface area contributed by atoms with Gasteiger partial charge in [-0.15, -0.1) is 0 Å². The predicted molar refractivity (Wildman–Crippen MR) is 234 cm³/mol. The SMILES string of the molecule is c1ccc(-c2ccccc2-c2ccc(N(c3ccccc3-c3ccccc3)c3ccccc3-c3ccccc3-c3ccccc3-c3ccccc3)cc2)cc1. The molecule has 9 rings (SSSR count). The van der Waals surface area contributed by atoms with Gasteiger partial charge < -0.3 is 4.90 Å².